The van der Waals surface area contributed by atoms with Gasteiger partial charge in [-0.2, -0.15) is 5.10 Å². The van der Waals surface area contributed by atoms with Crippen LogP contribution < -0.4 is 4.72 Å². The van der Waals surface area contributed by atoms with E-state index in [1.807, 2.05) is 19.1 Å². The number of nitrogens with zero attached hydrogens (tertiary/aromatic N) is 2. The number of ether oxygens (including phenoxy) is 1. The van der Waals surface area contributed by atoms with Gasteiger partial charge in [0, 0.05) is 25.7 Å². The fourth-order valence-electron chi connectivity index (χ4n) is 3.42. The first-order valence-corrected chi connectivity index (χ1v) is 10.3. The Morgan fingerprint density at radius 3 is 2.62 bits per heavy atom. The predicted molar refractivity (Wildman–Crippen MR) is 99.6 cm³/mol. The molecule has 7 nitrogen and oxygen atoms in total. The van der Waals surface area contributed by atoms with Gasteiger partial charge < -0.3 is 4.74 Å². The smallest absolute Gasteiger partial charge is 0.244 e. The van der Waals surface area contributed by atoms with Gasteiger partial charge in [0.15, 0.2) is 0 Å². The zero-order valence-electron chi connectivity index (χ0n) is 15.4. The first-order valence-electron chi connectivity index (χ1n) is 8.78. The summed E-state index contributed by atoms with van der Waals surface area (Å²) >= 11 is 0. The maximum atomic E-state index is 12.8. The molecule has 3 rings (SSSR count). The molecule has 142 valence electrons. The van der Waals surface area contributed by atoms with Crippen LogP contribution in [0.1, 0.15) is 28.6 Å². The van der Waals surface area contributed by atoms with E-state index in [0.717, 1.165) is 24.2 Å². The molecular weight excluding hydrogens is 352 g/mol. The molecule has 1 atom stereocenters. The number of hydrogen-bond acceptors (Lipinski definition) is 5. The van der Waals surface area contributed by atoms with Crippen molar-refractivity contribution in [2.45, 2.75) is 31.7 Å². The van der Waals surface area contributed by atoms with Crippen LogP contribution in [0.4, 0.5) is 0 Å². The van der Waals surface area contributed by atoms with E-state index in [-0.39, 0.29) is 10.9 Å². The van der Waals surface area contributed by atoms with Gasteiger partial charge in [-0.1, -0.05) is 29.8 Å². The summed E-state index contributed by atoms with van der Waals surface area (Å²) in [5, 5.41) is 6.74. The van der Waals surface area contributed by atoms with Crippen molar-refractivity contribution >= 4 is 10.0 Å². The molecule has 0 amide bonds. The van der Waals surface area contributed by atoms with Gasteiger partial charge >= 0.3 is 0 Å². The lowest BCUT2D eigenvalue weighted by Gasteiger charge is -2.35. The van der Waals surface area contributed by atoms with Gasteiger partial charge in [-0.3, -0.25) is 10.00 Å². The SMILES string of the molecule is Cc1cccc(C(CNS(=O)(=O)c2c(C)n[nH]c2C)N2CCOCC2)c1. The van der Waals surface area contributed by atoms with Gasteiger partial charge in [0.25, 0.3) is 0 Å². The Kier molecular flexibility index (Phi) is 5.76. The van der Waals surface area contributed by atoms with Crippen molar-refractivity contribution in [2.75, 3.05) is 32.8 Å². The summed E-state index contributed by atoms with van der Waals surface area (Å²) < 4.78 is 33.9. The maximum absolute atomic E-state index is 12.8. The van der Waals surface area contributed by atoms with E-state index in [2.05, 4.69) is 32.0 Å². The van der Waals surface area contributed by atoms with Crippen molar-refractivity contribution in [1.82, 2.24) is 19.8 Å². The summed E-state index contributed by atoms with van der Waals surface area (Å²) in [6.45, 7) is 8.64. The summed E-state index contributed by atoms with van der Waals surface area (Å²) in [6, 6.07) is 8.18. The number of benzene rings is 1. The summed E-state index contributed by atoms with van der Waals surface area (Å²) in [6.07, 6.45) is 0. The van der Waals surface area contributed by atoms with E-state index in [1.54, 1.807) is 13.8 Å². The van der Waals surface area contributed by atoms with Gasteiger partial charge in [0.05, 0.1) is 24.6 Å². The number of hydrogen-bond donors (Lipinski definition) is 2. The Morgan fingerprint density at radius 2 is 2.00 bits per heavy atom. The molecule has 1 unspecified atom stereocenters. The van der Waals surface area contributed by atoms with Crippen LogP contribution in [0.3, 0.4) is 0 Å². The highest BCUT2D eigenvalue weighted by Gasteiger charge is 2.27. The van der Waals surface area contributed by atoms with E-state index >= 15 is 0 Å². The number of H-pyrrole nitrogens is 1. The fourth-order valence-corrected chi connectivity index (χ4v) is 4.83. The molecule has 1 aliphatic rings. The van der Waals surface area contributed by atoms with Crippen LogP contribution >= 0.6 is 0 Å². The third kappa shape index (κ3) is 4.15. The maximum Gasteiger partial charge on any atom is 0.244 e. The van der Waals surface area contributed by atoms with Gasteiger partial charge in [-0.25, -0.2) is 13.1 Å². The topological polar surface area (TPSA) is 87.3 Å². The predicted octanol–water partition coefficient (Wildman–Crippen LogP) is 1.69. The van der Waals surface area contributed by atoms with Crippen LogP contribution in [0, 0.1) is 20.8 Å². The van der Waals surface area contributed by atoms with Crippen molar-refractivity contribution in [3.05, 3.63) is 46.8 Å². The highest BCUT2D eigenvalue weighted by molar-refractivity contribution is 7.89. The van der Waals surface area contributed by atoms with Crippen molar-refractivity contribution < 1.29 is 13.2 Å². The third-order valence-corrected chi connectivity index (χ3v) is 6.40. The van der Waals surface area contributed by atoms with Crippen molar-refractivity contribution in [2.24, 2.45) is 0 Å². The van der Waals surface area contributed by atoms with Crippen LogP contribution in [0.5, 0.6) is 0 Å². The Hall–Kier alpha value is -1.74. The Morgan fingerprint density at radius 1 is 1.27 bits per heavy atom. The minimum absolute atomic E-state index is 0.0407. The largest absolute Gasteiger partial charge is 0.379 e. The van der Waals surface area contributed by atoms with Crippen LogP contribution in [-0.2, 0) is 14.8 Å². The molecule has 1 aliphatic heterocycles. The molecule has 0 bridgehead atoms. The molecule has 0 spiro atoms. The second-order valence-electron chi connectivity index (χ2n) is 6.69. The molecular formula is C18H26N4O3S. The van der Waals surface area contributed by atoms with Gasteiger partial charge in [-0.15, -0.1) is 0 Å². The molecule has 0 aliphatic carbocycles. The molecule has 8 heteroatoms. The number of rotatable bonds is 6. The van der Waals surface area contributed by atoms with E-state index < -0.39 is 10.0 Å². The number of aromatic nitrogens is 2. The number of morpholine rings is 1. The monoisotopic (exact) mass is 378 g/mol. The quantitative estimate of drug-likeness (QED) is 0.799. The number of aromatic amines is 1. The van der Waals surface area contributed by atoms with Crippen LogP contribution in [0.25, 0.3) is 0 Å². The van der Waals surface area contributed by atoms with Gasteiger partial charge in [0.1, 0.15) is 4.90 Å². The van der Waals surface area contributed by atoms with Crippen LogP contribution in [-0.4, -0.2) is 56.4 Å². The molecule has 0 radical (unpaired) electrons. The molecule has 2 N–H and O–H groups in total. The minimum atomic E-state index is -3.63. The average Bonchev–Trinajstić information content (AvgIpc) is 2.95. The second-order valence-corrected chi connectivity index (χ2v) is 8.40. The lowest BCUT2D eigenvalue weighted by molar-refractivity contribution is 0.0172. The summed E-state index contributed by atoms with van der Waals surface area (Å²) in [5.74, 6) is 0. The molecule has 1 fully saturated rings. The molecule has 1 aromatic heterocycles. The second kappa shape index (κ2) is 7.87. The summed E-state index contributed by atoms with van der Waals surface area (Å²) in [7, 11) is -3.63. The average molecular weight is 378 g/mol. The van der Waals surface area contributed by atoms with E-state index in [1.165, 1.54) is 0 Å². The first-order chi connectivity index (χ1) is 12.4. The molecule has 2 heterocycles. The molecule has 26 heavy (non-hydrogen) atoms. The number of sulfonamides is 1. The number of aryl methyl sites for hydroxylation is 3. The Balaban J connectivity index is 1.84. The van der Waals surface area contributed by atoms with Crippen LogP contribution in [0.15, 0.2) is 29.2 Å². The number of nitrogens with one attached hydrogen (secondary N) is 2. The fraction of sp³-hybridized carbons (Fsp3) is 0.500. The molecule has 2 aromatic rings. The highest BCUT2D eigenvalue weighted by atomic mass is 32.2. The van der Waals surface area contributed by atoms with Crippen molar-refractivity contribution in [3.63, 3.8) is 0 Å². The standard InChI is InChI=1S/C18H26N4O3S/c1-13-5-4-6-16(11-13)17(22-7-9-25-10-8-22)12-19-26(23,24)18-14(2)20-21-15(18)3/h4-6,11,17,19H,7-10,12H2,1-3H3,(H,20,21). The normalized spacial score (nSPS) is 17.3. The lowest BCUT2D eigenvalue weighted by Crippen LogP contribution is -2.43. The van der Waals surface area contributed by atoms with Gasteiger partial charge in [0.2, 0.25) is 10.0 Å². The van der Waals surface area contributed by atoms with Gasteiger partial charge in [-0.05, 0) is 26.3 Å². The summed E-state index contributed by atoms with van der Waals surface area (Å²) in [5.41, 5.74) is 3.29. The highest BCUT2D eigenvalue weighted by Crippen LogP contribution is 2.24. The van der Waals surface area contributed by atoms with Crippen molar-refractivity contribution in [1.29, 1.82) is 0 Å². The molecule has 1 aromatic carbocycles. The van der Waals surface area contributed by atoms with Crippen molar-refractivity contribution in [3.8, 4) is 0 Å². The Labute approximate surface area is 154 Å². The van der Waals surface area contributed by atoms with E-state index in [9.17, 15) is 8.42 Å². The third-order valence-electron chi connectivity index (χ3n) is 4.71. The zero-order chi connectivity index (χ0) is 18.7. The minimum Gasteiger partial charge on any atom is -0.379 e. The van der Waals surface area contributed by atoms with Crippen LogP contribution in [0.2, 0.25) is 0 Å². The molecule has 1 saturated heterocycles. The van der Waals surface area contributed by atoms with E-state index in [0.29, 0.717) is 31.1 Å². The Bertz CT molecular complexity index is 838. The zero-order valence-corrected chi connectivity index (χ0v) is 16.3. The first kappa shape index (κ1) is 19.0. The summed E-state index contributed by atoms with van der Waals surface area (Å²) in [4.78, 5) is 2.51. The van der Waals surface area contributed by atoms with E-state index in [4.69, 9.17) is 4.74 Å². The molecule has 0 saturated carbocycles. The lowest BCUT2D eigenvalue weighted by atomic mass is 10.0.